The number of nitrogens with zero attached hydrogens (tertiary/aromatic N) is 1. The van der Waals surface area contributed by atoms with Crippen molar-refractivity contribution in [1.82, 2.24) is 15.0 Å². The molecule has 0 fully saturated rings. The van der Waals surface area contributed by atoms with E-state index >= 15 is 0 Å². The van der Waals surface area contributed by atoms with Crippen LogP contribution in [0.25, 0.3) is 0 Å². The molecule has 2 aromatic rings. The van der Waals surface area contributed by atoms with E-state index < -0.39 is 10.0 Å². The van der Waals surface area contributed by atoms with Crippen LogP contribution in [0.15, 0.2) is 47.5 Å². The number of hydrogen-bond acceptors (Lipinski definition) is 5. The second kappa shape index (κ2) is 7.84. The largest absolute Gasteiger partial charge is 0.369 e. The number of pyridine rings is 1. The molecule has 0 aliphatic heterocycles. The van der Waals surface area contributed by atoms with Gasteiger partial charge in [-0.2, -0.15) is 0 Å². The molecular weight excluding hydrogens is 352 g/mol. The molecule has 1 aliphatic carbocycles. The van der Waals surface area contributed by atoms with Crippen LogP contribution in [0.5, 0.6) is 0 Å². The Hall–Kier alpha value is -2.45. The van der Waals surface area contributed by atoms with Gasteiger partial charge in [-0.15, -0.1) is 0 Å². The van der Waals surface area contributed by atoms with E-state index in [4.69, 9.17) is 0 Å². The number of carbonyl (C=O) groups is 1. The van der Waals surface area contributed by atoms with E-state index in [2.05, 4.69) is 20.3 Å². The molecule has 1 aromatic heterocycles. The predicted octanol–water partition coefficient (Wildman–Crippen LogP) is 1.60. The number of aryl methyl sites for hydroxylation is 1. The summed E-state index contributed by atoms with van der Waals surface area (Å²) < 4.78 is 27.6. The van der Waals surface area contributed by atoms with Gasteiger partial charge in [-0.1, -0.05) is 12.1 Å². The SMILES string of the molecule is CC(=O)N[C@@H]1CCc2ccc(S(=O)(=O)NCCNc3ccccn3)cc21. The van der Waals surface area contributed by atoms with Crippen LogP contribution in [-0.4, -0.2) is 32.4 Å². The van der Waals surface area contributed by atoms with E-state index in [1.165, 1.54) is 6.92 Å². The Balaban J connectivity index is 1.63. The highest BCUT2D eigenvalue weighted by Crippen LogP contribution is 2.32. The second-order valence-electron chi connectivity index (χ2n) is 6.19. The molecule has 0 saturated heterocycles. The fourth-order valence-electron chi connectivity index (χ4n) is 3.07. The molecule has 0 radical (unpaired) electrons. The maximum Gasteiger partial charge on any atom is 0.240 e. The van der Waals surface area contributed by atoms with Gasteiger partial charge in [0.2, 0.25) is 15.9 Å². The number of amides is 1. The Morgan fingerprint density at radius 2 is 2.08 bits per heavy atom. The summed E-state index contributed by atoms with van der Waals surface area (Å²) in [5, 5.41) is 5.93. The van der Waals surface area contributed by atoms with Gasteiger partial charge in [-0.3, -0.25) is 4.79 Å². The monoisotopic (exact) mass is 374 g/mol. The fourth-order valence-corrected chi connectivity index (χ4v) is 4.14. The molecule has 3 N–H and O–H groups in total. The van der Waals surface area contributed by atoms with Gasteiger partial charge >= 0.3 is 0 Å². The minimum absolute atomic E-state index is 0.116. The van der Waals surface area contributed by atoms with Crippen molar-refractivity contribution in [2.24, 2.45) is 0 Å². The molecule has 0 spiro atoms. The topological polar surface area (TPSA) is 100 Å². The quantitative estimate of drug-likeness (QED) is 0.639. The van der Waals surface area contributed by atoms with E-state index in [0.29, 0.717) is 12.4 Å². The van der Waals surface area contributed by atoms with Crippen molar-refractivity contribution >= 4 is 21.7 Å². The number of benzene rings is 1. The predicted molar refractivity (Wildman–Crippen MR) is 99.2 cm³/mol. The molecule has 1 aromatic carbocycles. The van der Waals surface area contributed by atoms with Crippen LogP contribution in [0.1, 0.15) is 30.5 Å². The van der Waals surface area contributed by atoms with Crippen LogP contribution >= 0.6 is 0 Å². The average molecular weight is 374 g/mol. The number of hydrogen-bond donors (Lipinski definition) is 3. The molecule has 26 heavy (non-hydrogen) atoms. The molecule has 1 amide bonds. The zero-order valence-corrected chi connectivity index (χ0v) is 15.3. The Labute approximate surface area is 153 Å². The second-order valence-corrected chi connectivity index (χ2v) is 7.96. The molecule has 7 nitrogen and oxygen atoms in total. The Bertz CT molecular complexity index is 885. The van der Waals surface area contributed by atoms with Gasteiger partial charge in [0.15, 0.2) is 0 Å². The summed E-state index contributed by atoms with van der Waals surface area (Å²) in [6, 6.07) is 10.5. The summed E-state index contributed by atoms with van der Waals surface area (Å²) in [5.41, 5.74) is 1.97. The third kappa shape index (κ3) is 4.39. The minimum atomic E-state index is -3.61. The van der Waals surface area contributed by atoms with Crippen LogP contribution in [0.4, 0.5) is 5.82 Å². The first-order valence-electron chi connectivity index (χ1n) is 8.50. The molecule has 1 heterocycles. The molecular formula is C18H22N4O3S. The summed E-state index contributed by atoms with van der Waals surface area (Å²) in [6.07, 6.45) is 3.30. The number of sulfonamides is 1. The van der Waals surface area contributed by atoms with Gasteiger partial charge in [-0.25, -0.2) is 18.1 Å². The Morgan fingerprint density at radius 1 is 1.23 bits per heavy atom. The molecule has 1 atom stereocenters. The van der Waals surface area contributed by atoms with Crippen LogP contribution < -0.4 is 15.4 Å². The third-order valence-electron chi connectivity index (χ3n) is 4.27. The summed E-state index contributed by atoms with van der Waals surface area (Å²) in [6.45, 7) is 2.13. The fraction of sp³-hybridized carbons (Fsp3) is 0.333. The lowest BCUT2D eigenvalue weighted by Crippen LogP contribution is -2.29. The summed E-state index contributed by atoms with van der Waals surface area (Å²) in [7, 11) is -3.61. The van der Waals surface area contributed by atoms with Crippen molar-refractivity contribution in [3.05, 3.63) is 53.7 Å². The third-order valence-corrected chi connectivity index (χ3v) is 5.73. The standard InChI is InChI=1S/C18H22N4O3S/c1-13(23)22-17-8-6-14-5-7-15(12-16(14)17)26(24,25)21-11-10-20-18-4-2-3-9-19-18/h2-5,7,9,12,17,21H,6,8,10-11H2,1H3,(H,19,20)(H,22,23)/t17-/m1/s1. The maximum atomic E-state index is 12.5. The van der Waals surface area contributed by atoms with E-state index in [9.17, 15) is 13.2 Å². The molecule has 3 rings (SSSR count). The van der Waals surface area contributed by atoms with Gasteiger partial charge in [0, 0.05) is 26.2 Å². The van der Waals surface area contributed by atoms with E-state index in [0.717, 1.165) is 24.0 Å². The summed E-state index contributed by atoms with van der Waals surface area (Å²) in [5.74, 6) is 0.581. The lowest BCUT2D eigenvalue weighted by Gasteiger charge is -2.14. The highest BCUT2D eigenvalue weighted by Gasteiger charge is 2.25. The van der Waals surface area contributed by atoms with Gasteiger partial charge in [0.25, 0.3) is 0 Å². The average Bonchev–Trinajstić information content (AvgIpc) is 3.01. The number of fused-ring (bicyclic) bond motifs is 1. The molecule has 1 aliphatic rings. The highest BCUT2D eigenvalue weighted by atomic mass is 32.2. The molecule has 0 bridgehead atoms. The van der Waals surface area contributed by atoms with Crippen molar-refractivity contribution in [1.29, 1.82) is 0 Å². The first-order chi connectivity index (χ1) is 12.5. The first-order valence-corrected chi connectivity index (χ1v) is 9.98. The van der Waals surface area contributed by atoms with Crippen LogP contribution in [0.2, 0.25) is 0 Å². The van der Waals surface area contributed by atoms with Crippen molar-refractivity contribution in [3.8, 4) is 0 Å². The molecule has 138 valence electrons. The number of nitrogens with one attached hydrogen (secondary N) is 3. The van der Waals surface area contributed by atoms with Gasteiger partial charge in [-0.05, 0) is 48.2 Å². The van der Waals surface area contributed by atoms with Gasteiger partial charge in [0.1, 0.15) is 5.82 Å². The number of aromatic nitrogens is 1. The normalized spacial score (nSPS) is 16.1. The first kappa shape index (κ1) is 18.3. The minimum Gasteiger partial charge on any atom is -0.369 e. The Morgan fingerprint density at radius 3 is 2.81 bits per heavy atom. The van der Waals surface area contributed by atoms with Gasteiger partial charge < -0.3 is 10.6 Å². The maximum absolute atomic E-state index is 12.5. The lowest BCUT2D eigenvalue weighted by atomic mass is 10.1. The Kier molecular flexibility index (Phi) is 5.53. The molecule has 0 unspecified atom stereocenters. The smallest absolute Gasteiger partial charge is 0.240 e. The molecule has 8 heteroatoms. The van der Waals surface area contributed by atoms with Crippen LogP contribution in [0, 0.1) is 0 Å². The summed E-state index contributed by atoms with van der Waals surface area (Å²) in [4.78, 5) is 15.7. The highest BCUT2D eigenvalue weighted by molar-refractivity contribution is 7.89. The van der Waals surface area contributed by atoms with E-state index in [-0.39, 0.29) is 23.4 Å². The number of anilines is 1. The zero-order chi connectivity index (χ0) is 18.6. The summed E-state index contributed by atoms with van der Waals surface area (Å²) >= 11 is 0. The van der Waals surface area contributed by atoms with Crippen molar-refractivity contribution < 1.29 is 13.2 Å². The zero-order valence-electron chi connectivity index (χ0n) is 14.5. The van der Waals surface area contributed by atoms with Crippen molar-refractivity contribution in [2.75, 3.05) is 18.4 Å². The van der Waals surface area contributed by atoms with E-state index in [1.54, 1.807) is 18.3 Å². The van der Waals surface area contributed by atoms with Crippen molar-refractivity contribution in [3.63, 3.8) is 0 Å². The van der Waals surface area contributed by atoms with Crippen LogP contribution in [0.3, 0.4) is 0 Å². The number of carbonyl (C=O) groups excluding carboxylic acids is 1. The van der Waals surface area contributed by atoms with Gasteiger partial charge in [0.05, 0.1) is 10.9 Å². The molecule has 0 saturated carbocycles. The van der Waals surface area contributed by atoms with E-state index in [1.807, 2.05) is 24.3 Å². The number of rotatable bonds is 7. The van der Waals surface area contributed by atoms with Crippen molar-refractivity contribution in [2.45, 2.75) is 30.7 Å². The lowest BCUT2D eigenvalue weighted by molar-refractivity contribution is -0.119. The van der Waals surface area contributed by atoms with Crippen LogP contribution in [-0.2, 0) is 21.2 Å².